The second-order valence-corrected chi connectivity index (χ2v) is 6.68. The maximum atomic E-state index is 12.3. The SMILES string of the molecule is COC(c1ccc(Cl)cc1)C(C)NC(=O)NC1(CO)CCCC1. The highest BCUT2D eigenvalue weighted by Crippen LogP contribution is 2.29. The zero-order valence-electron chi connectivity index (χ0n) is 13.6. The highest BCUT2D eigenvalue weighted by Gasteiger charge is 2.35. The fourth-order valence-corrected chi connectivity index (χ4v) is 3.34. The van der Waals surface area contributed by atoms with Crippen LogP contribution in [-0.2, 0) is 4.74 Å². The molecule has 0 radical (unpaired) electrons. The number of benzene rings is 1. The van der Waals surface area contributed by atoms with Crippen LogP contribution in [0.4, 0.5) is 4.79 Å². The summed E-state index contributed by atoms with van der Waals surface area (Å²) in [6, 6.07) is 6.88. The van der Waals surface area contributed by atoms with E-state index in [2.05, 4.69) is 10.6 Å². The molecule has 0 spiro atoms. The van der Waals surface area contributed by atoms with Gasteiger partial charge in [0.1, 0.15) is 6.10 Å². The number of carbonyl (C=O) groups excluding carboxylic acids is 1. The molecule has 1 aromatic rings. The van der Waals surface area contributed by atoms with Crippen LogP contribution in [0.2, 0.25) is 5.02 Å². The van der Waals surface area contributed by atoms with Crippen LogP contribution in [0.5, 0.6) is 0 Å². The van der Waals surface area contributed by atoms with E-state index in [1.807, 2.05) is 19.1 Å². The molecular weight excluding hydrogens is 316 g/mol. The van der Waals surface area contributed by atoms with Gasteiger partial charge >= 0.3 is 6.03 Å². The first-order chi connectivity index (χ1) is 11.0. The first kappa shape index (κ1) is 18.0. The number of hydrogen-bond donors (Lipinski definition) is 3. The van der Waals surface area contributed by atoms with E-state index in [-0.39, 0.29) is 24.8 Å². The zero-order valence-corrected chi connectivity index (χ0v) is 14.4. The number of hydrogen-bond acceptors (Lipinski definition) is 3. The molecule has 2 rings (SSSR count). The highest BCUT2D eigenvalue weighted by atomic mass is 35.5. The minimum absolute atomic E-state index is 0.0281. The summed E-state index contributed by atoms with van der Waals surface area (Å²) in [4.78, 5) is 12.3. The van der Waals surface area contributed by atoms with E-state index in [4.69, 9.17) is 16.3 Å². The van der Waals surface area contributed by atoms with E-state index in [1.165, 1.54) is 0 Å². The highest BCUT2D eigenvalue weighted by molar-refractivity contribution is 6.30. The second kappa shape index (κ2) is 7.99. The quantitative estimate of drug-likeness (QED) is 0.745. The van der Waals surface area contributed by atoms with Crippen molar-refractivity contribution < 1.29 is 14.6 Å². The average Bonchev–Trinajstić information content (AvgIpc) is 2.98. The van der Waals surface area contributed by atoms with Crippen LogP contribution in [0.25, 0.3) is 0 Å². The Morgan fingerprint density at radius 2 is 1.96 bits per heavy atom. The molecule has 128 valence electrons. The van der Waals surface area contributed by atoms with Gasteiger partial charge < -0.3 is 20.5 Å². The van der Waals surface area contributed by atoms with Crippen molar-refractivity contribution in [2.24, 2.45) is 0 Å². The first-order valence-corrected chi connectivity index (χ1v) is 8.35. The van der Waals surface area contributed by atoms with Gasteiger partial charge in [0.05, 0.1) is 18.2 Å². The predicted molar refractivity (Wildman–Crippen MR) is 90.6 cm³/mol. The van der Waals surface area contributed by atoms with Gasteiger partial charge in [-0.25, -0.2) is 4.79 Å². The molecule has 1 aliphatic rings. The first-order valence-electron chi connectivity index (χ1n) is 7.97. The number of amides is 2. The Morgan fingerprint density at radius 1 is 1.35 bits per heavy atom. The monoisotopic (exact) mass is 340 g/mol. The van der Waals surface area contributed by atoms with Crippen LogP contribution in [-0.4, -0.2) is 36.4 Å². The standard InChI is InChI=1S/C17H25ClN2O3/c1-12(15(23-2)13-5-7-14(18)8-6-13)19-16(22)20-17(11-21)9-3-4-10-17/h5-8,12,15,21H,3-4,9-11H2,1-2H3,(H2,19,20,22). The Labute approximate surface area is 142 Å². The molecule has 5 nitrogen and oxygen atoms in total. The molecule has 1 aliphatic carbocycles. The van der Waals surface area contributed by atoms with E-state index in [1.54, 1.807) is 19.2 Å². The Kier molecular flexibility index (Phi) is 6.27. The summed E-state index contributed by atoms with van der Waals surface area (Å²) in [5, 5.41) is 16.1. The van der Waals surface area contributed by atoms with E-state index < -0.39 is 5.54 Å². The molecular formula is C17H25ClN2O3. The number of urea groups is 1. The van der Waals surface area contributed by atoms with Crippen molar-refractivity contribution in [1.29, 1.82) is 0 Å². The third kappa shape index (κ3) is 4.59. The van der Waals surface area contributed by atoms with Crippen LogP contribution in [0.15, 0.2) is 24.3 Å². The molecule has 23 heavy (non-hydrogen) atoms. The zero-order chi connectivity index (χ0) is 16.9. The molecule has 2 amide bonds. The summed E-state index contributed by atoms with van der Waals surface area (Å²) in [6.45, 7) is 1.86. The Hall–Kier alpha value is -1.30. The normalized spacial score (nSPS) is 19.1. The fourth-order valence-electron chi connectivity index (χ4n) is 3.22. The van der Waals surface area contributed by atoms with Crippen molar-refractivity contribution in [2.75, 3.05) is 13.7 Å². The lowest BCUT2D eigenvalue weighted by Gasteiger charge is -2.30. The lowest BCUT2D eigenvalue weighted by atomic mass is 9.99. The molecule has 0 saturated heterocycles. The van der Waals surface area contributed by atoms with Crippen LogP contribution < -0.4 is 10.6 Å². The number of carbonyl (C=O) groups is 1. The van der Waals surface area contributed by atoms with Gasteiger partial charge in [-0.3, -0.25) is 0 Å². The molecule has 0 aliphatic heterocycles. The van der Waals surface area contributed by atoms with Crippen LogP contribution >= 0.6 is 11.6 Å². The van der Waals surface area contributed by atoms with Crippen molar-refractivity contribution in [3.8, 4) is 0 Å². The van der Waals surface area contributed by atoms with Gasteiger partial charge in [-0.2, -0.15) is 0 Å². The molecule has 1 fully saturated rings. The summed E-state index contributed by atoms with van der Waals surface area (Å²) < 4.78 is 5.53. The summed E-state index contributed by atoms with van der Waals surface area (Å²) in [5.41, 5.74) is 0.467. The number of rotatable bonds is 6. The topological polar surface area (TPSA) is 70.6 Å². The number of halogens is 1. The number of methoxy groups -OCH3 is 1. The van der Waals surface area contributed by atoms with Crippen molar-refractivity contribution in [2.45, 2.75) is 50.3 Å². The van der Waals surface area contributed by atoms with Crippen LogP contribution in [0, 0.1) is 0 Å². The lowest BCUT2D eigenvalue weighted by Crippen LogP contribution is -2.55. The molecule has 2 unspecified atom stereocenters. The fraction of sp³-hybridized carbons (Fsp3) is 0.588. The average molecular weight is 341 g/mol. The van der Waals surface area contributed by atoms with E-state index in [0.29, 0.717) is 5.02 Å². The molecule has 2 atom stereocenters. The Bertz CT molecular complexity index is 515. The van der Waals surface area contributed by atoms with Gasteiger partial charge in [-0.1, -0.05) is 36.6 Å². The maximum Gasteiger partial charge on any atom is 0.315 e. The second-order valence-electron chi connectivity index (χ2n) is 6.24. The van der Waals surface area contributed by atoms with E-state index in [9.17, 15) is 9.90 Å². The largest absolute Gasteiger partial charge is 0.394 e. The smallest absolute Gasteiger partial charge is 0.315 e. The van der Waals surface area contributed by atoms with Gasteiger partial charge in [0.25, 0.3) is 0 Å². The van der Waals surface area contributed by atoms with E-state index in [0.717, 1.165) is 31.2 Å². The van der Waals surface area contributed by atoms with E-state index >= 15 is 0 Å². The predicted octanol–water partition coefficient (Wildman–Crippen LogP) is 3.02. The van der Waals surface area contributed by atoms with Crippen molar-refractivity contribution >= 4 is 17.6 Å². The minimum Gasteiger partial charge on any atom is -0.394 e. The Morgan fingerprint density at radius 3 is 2.48 bits per heavy atom. The van der Waals surface area contributed by atoms with Crippen molar-refractivity contribution in [1.82, 2.24) is 10.6 Å². The molecule has 3 N–H and O–H groups in total. The number of ether oxygens (including phenoxy) is 1. The summed E-state index contributed by atoms with van der Waals surface area (Å²) in [7, 11) is 1.61. The molecule has 1 aromatic carbocycles. The number of nitrogens with one attached hydrogen (secondary N) is 2. The third-order valence-corrected chi connectivity index (χ3v) is 4.76. The maximum absolute atomic E-state index is 12.3. The molecule has 1 saturated carbocycles. The van der Waals surface area contributed by atoms with Crippen molar-refractivity contribution in [3.63, 3.8) is 0 Å². The van der Waals surface area contributed by atoms with Gasteiger partial charge in [-0.15, -0.1) is 0 Å². The molecule has 0 aromatic heterocycles. The summed E-state index contributed by atoms with van der Waals surface area (Å²) in [5.74, 6) is 0. The van der Waals surface area contributed by atoms with Gasteiger partial charge in [0, 0.05) is 12.1 Å². The molecule has 6 heteroatoms. The van der Waals surface area contributed by atoms with Gasteiger partial charge in [0.2, 0.25) is 0 Å². The molecule has 0 heterocycles. The lowest BCUT2D eigenvalue weighted by molar-refractivity contribution is 0.0749. The van der Waals surface area contributed by atoms with Gasteiger partial charge in [-0.05, 0) is 37.5 Å². The van der Waals surface area contributed by atoms with Crippen molar-refractivity contribution in [3.05, 3.63) is 34.9 Å². The molecule has 0 bridgehead atoms. The van der Waals surface area contributed by atoms with Crippen LogP contribution in [0.3, 0.4) is 0 Å². The summed E-state index contributed by atoms with van der Waals surface area (Å²) in [6.07, 6.45) is 3.42. The Balaban J connectivity index is 1.97. The summed E-state index contributed by atoms with van der Waals surface area (Å²) >= 11 is 5.91. The van der Waals surface area contributed by atoms with Crippen LogP contribution in [0.1, 0.15) is 44.3 Å². The minimum atomic E-state index is -0.480. The number of aliphatic hydroxyl groups is 1. The van der Waals surface area contributed by atoms with Gasteiger partial charge in [0.15, 0.2) is 0 Å². The third-order valence-electron chi connectivity index (χ3n) is 4.51. The number of aliphatic hydroxyl groups excluding tert-OH is 1.